The van der Waals surface area contributed by atoms with Gasteiger partial charge in [-0.25, -0.2) is 0 Å². The molecule has 1 aliphatic rings. The third-order valence-corrected chi connectivity index (χ3v) is 6.14. The van der Waals surface area contributed by atoms with Crippen molar-refractivity contribution in [2.45, 2.75) is 38.0 Å². The van der Waals surface area contributed by atoms with Gasteiger partial charge in [0.2, 0.25) is 0 Å². The molecule has 114 valence electrons. The highest BCUT2D eigenvalue weighted by molar-refractivity contribution is 8.00. The van der Waals surface area contributed by atoms with E-state index in [2.05, 4.69) is 73.4 Å². The van der Waals surface area contributed by atoms with Crippen molar-refractivity contribution in [3.05, 3.63) is 35.5 Å². The Hall–Kier alpha value is -0.930. The van der Waals surface area contributed by atoms with Gasteiger partial charge in [0.05, 0.1) is 4.75 Å². The first-order chi connectivity index (χ1) is 10.1. The van der Waals surface area contributed by atoms with E-state index in [0.29, 0.717) is 0 Å². The van der Waals surface area contributed by atoms with Crippen molar-refractivity contribution in [2.24, 2.45) is 0 Å². The Morgan fingerprint density at radius 2 is 2.05 bits per heavy atom. The first-order valence-corrected chi connectivity index (χ1v) is 8.94. The van der Waals surface area contributed by atoms with E-state index in [9.17, 15) is 0 Å². The van der Waals surface area contributed by atoms with Crippen molar-refractivity contribution in [3.63, 3.8) is 0 Å². The molecule has 0 unspecified atom stereocenters. The van der Waals surface area contributed by atoms with E-state index in [1.807, 2.05) is 0 Å². The molecule has 0 N–H and O–H groups in total. The van der Waals surface area contributed by atoms with Crippen LogP contribution in [0, 0.1) is 0 Å². The molecule has 0 fully saturated rings. The normalized spacial score (nSPS) is 22.0. The fourth-order valence-electron chi connectivity index (χ4n) is 3.64. The SMILES string of the molecule is CCn1c2c(c3ccccc31)CCS[C@]2(C)CCN(C)C. The van der Waals surface area contributed by atoms with Crippen LogP contribution in [-0.2, 0) is 17.7 Å². The Balaban J connectivity index is 2.16. The van der Waals surface area contributed by atoms with Crippen LogP contribution in [0.2, 0.25) is 0 Å². The molecule has 1 aromatic heterocycles. The first-order valence-electron chi connectivity index (χ1n) is 7.96. The molecular formula is C18H26N2S. The van der Waals surface area contributed by atoms with E-state index in [1.54, 1.807) is 11.3 Å². The van der Waals surface area contributed by atoms with Gasteiger partial charge in [-0.2, -0.15) is 0 Å². The highest BCUT2D eigenvalue weighted by atomic mass is 32.2. The molecule has 0 amide bonds. The Morgan fingerprint density at radius 1 is 1.29 bits per heavy atom. The smallest absolute Gasteiger partial charge is 0.0547 e. The third kappa shape index (κ3) is 2.51. The van der Waals surface area contributed by atoms with Gasteiger partial charge in [-0.3, -0.25) is 0 Å². The van der Waals surface area contributed by atoms with Crippen LogP contribution in [0.15, 0.2) is 24.3 Å². The van der Waals surface area contributed by atoms with Crippen LogP contribution < -0.4 is 0 Å². The monoisotopic (exact) mass is 302 g/mol. The molecule has 2 heterocycles. The topological polar surface area (TPSA) is 8.17 Å². The Bertz CT molecular complexity index is 611. The average molecular weight is 302 g/mol. The van der Waals surface area contributed by atoms with Gasteiger partial charge in [0.1, 0.15) is 0 Å². The summed E-state index contributed by atoms with van der Waals surface area (Å²) in [4.78, 5) is 2.30. The average Bonchev–Trinajstić information content (AvgIpc) is 2.81. The minimum Gasteiger partial charge on any atom is -0.343 e. The van der Waals surface area contributed by atoms with Crippen LogP contribution in [0.5, 0.6) is 0 Å². The van der Waals surface area contributed by atoms with E-state index in [1.165, 1.54) is 29.5 Å². The molecule has 0 saturated carbocycles. The summed E-state index contributed by atoms with van der Waals surface area (Å²) >= 11 is 2.15. The predicted molar refractivity (Wildman–Crippen MR) is 94.3 cm³/mol. The van der Waals surface area contributed by atoms with Gasteiger partial charge < -0.3 is 9.47 Å². The third-order valence-electron chi connectivity index (χ3n) is 4.70. The van der Waals surface area contributed by atoms with Gasteiger partial charge in [0.25, 0.3) is 0 Å². The molecule has 0 aliphatic carbocycles. The van der Waals surface area contributed by atoms with Crippen molar-refractivity contribution in [2.75, 3.05) is 26.4 Å². The molecule has 3 rings (SSSR count). The van der Waals surface area contributed by atoms with Crippen LogP contribution in [0.4, 0.5) is 0 Å². The molecule has 1 atom stereocenters. The van der Waals surface area contributed by atoms with Crippen LogP contribution in [0.25, 0.3) is 10.9 Å². The number of hydrogen-bond donors (Lipinski definition) is 0. The van der Waals surface area contributed by atoms with Gasteiger partial charge in [-0.1, -0.05) is 18.2 Å². The number of rotatable bonds is 4. The van der Waals surface area contributed by atoms with Crippen LogP contribution in [0.3, 0.4) is 0 Å². The van der Waals surface area contributed by atoms with E-state index in [-0.39, 0.29) is 4.75 Å². The van der Waals surface area contributed by atoms with Crippen molar-refractivity contribution < 1.29 is 0 Å². The van der Waals surface area contributed by atoms with Crippen molar-refractivity contribution in [1.82, 2.24) is 9.47 Å². The largest absolute Gasteiger partial charge is 0.343 e. The summed E-state index contributed by atoms with van der Waals surface area (Å²) in [5.41, 5.74) is 4.61. The number of para-hydroxylation sites is 1. The van der Waals surface area contributed by atoms with E-state index < -0.39 is 0 Å². The Morgan fingerprint density at radius 3 is 2.76 bits per heavy atom. The molecule has 0 spiro atoms. The van der Waals surface area contributed by atoms with E-state index in [4.69, 9.17) is 0 Å². The molecule has 2 nitrogen and oxygen atoms in total. The molecule has 1 aromatic carbocycles. The summed E-state index contributed by atoms with van der Waals surface area (Å²) in [5, 5.41) is 1.48. The number of benzene rings is 1. The molecule has 1 aliphatic heterocycles. The summed E-state index contributed by atoms with van der Waals surface area (Å²) in [5.74, 6) is 1.24. The molecule has 0 bridgehead atoms. The minimum atomic E-state index is 0.243. The number of aryl methyl sites for hydroxylation is 2. The highest BCUT2D eigenvalue weighted by Crippen LogP contribution is 2.48. The lowest BCUT2D eigenvalue weighted by atomic mass is 9.95. The minimum absolute atomic E-state index is 0.243. The summed E-state index contributed by atoms with van der Waals surface area (Å²) in [6.45, 7) is 6.94. The van der Waals surface area contributed by atoms with Crippen LogP contribution in [0.1, 0.15) is 31.5 Å². The Kier molecular flexibility index (Phi) is 4.06. The zero-order valence-electron chi connectivity index (χ0n) is 13.6. The van der Waals surface area contributed by atoms with Gasteiger partial charge in [0, 0.05) is 23.1 Å². The second kappa shape index (κ2) is 5.69. The second-order valence-corrected chi connectivity index (χ2v) is 8.07. The standard InChI is InChI=1S/C18H26N2S/c1-5-20-16-9-7-6-8-14(16)15-10-13-21-18(2,17(15)20)11-12-19(3)4/h6-9H,5,10-13H2,1-4H3/t18-/m1/s1. The maximum Gasteiger partial charge on any atom is 0.0547 e. The van der Waals surface area contributed by atoms with Gasteiger partial charge in [-0.15, -0.1) is 11.8 Å². The van der Waals surface area contributed by atoms with E-state index in [0.717, 1.165) is 13.1 Å². The fourth-order valence-corrected chi connectivity index (χ4v) is 5.00. The van der Waals surface area contributed by atoms with E-state index >= 15 is 0 Å². The fraction of sp³-hybridized carbons (Fsp3) is 0.556. The summed E-state index contributed by atoms with van der Waals surface area (Å²) in [7, 11) is 4.35. The maximum absolute atomic E-state index is 2.56. The lowest BCUT2D eigenvalue weighted by Crippen LogP contribution is -2.31. The lowest BCUT2D eigenvalue weighted by Gasteiger charge is -2.36. The maximum atomic E-state index is 2.56. The zero-order valence-corrected chi connectivity index (χ0v) is 14.5. The zero-order chi connectivity index (χ0) is 15.0. The first kappa shape index (κ1) is 15.0. The summed E-state index contributed by atoms with van der Waals surface area (Å²) < 4.78 is 2.80. The number of fused-ring (bicyclic) bond motifs is 3. The summed E-state index contributed by atoms with van der Waals surface area (Å²) in [6.07, 6.45) is 2.43. The van der Waals surface area contributed by atoms with Gasteiger partial charge >= 0.3 is 0 Å². The number of hydrogen-bond acceptors (Lipinski definition) is 2. The highest BCUT2D eigenvalue weighted by Gasteiger charge is 2.37. The van der Waals surface area contributed by atoms with Crippen LogP contribution in [-0.4, -0.2) is 35.9 Å². The predicted octanol–water partition coefficient (Wildman–Crippen LogP) is 4.12. The molecule has 0 radical (unpaired) electrons. The molecule has 0 saturated heterocycles. The van der Waals surface area contributed by atoms with Gasteiger partial charge in [-0.05, 0) is 64.7 Å². The van der Waals surface area contributed by atoms with Gasteiger partial charge in [0.15, 0.2) is 0 Å². The lowest BCUT2D eigenvalue weighted by molar-refractivity contribution is 0.370. The van der Waals surface area contributed by atoms with Crippen LogP contribution >= 0.6 is 11.8 Å². The van der Waals surface area contributed by atoms with Crippen molar-refractivity contribution >= 4 is 22.7 Å². The second-order valence-electron chi connectivity index (χ2n) is 6.47. The van der Waals surface area contributed by atoms with Crippen molar-refractivity contribution in [1.29, 1.82) is 0 Å². The Labute approximate surface area is 132 Å². The molecular weight excluding hydrogens is 276 g/mol. The summed E-state index contributed by atoms with van der Waals surface area (Å²) in [6, 6.07) is 8.95. The number of nitrogens with zero attached hydrogens (tertiary/aromatic N) is 2. The molecule has 21 heavy (non-hydrogen) atoms. The number of aromatic nitrogens is 1. The van der Waals surface area contributed by atoms with Crippen molar-refractivity contribution in [3.8, 4) is 0 Å². The molecule has 3 heteroatoms. The molecule has 2 aromatic rings. The number of thioether (sulfide) groups is 1. The quantitative estimate of drug-likeness (QED) is 0.839.